The number of aryl methyl sites for hydroxylation is 1. The summed E-state index contributed by atoms with van der Waals surface area (Å²) in [5.41, 5.74) is 9.76. The van der Waals surface area contributed by atoms with Gasteiger partial charge < -0.3 is 15.4 Å². The molecule has 1 aromatic carbocycles. The fourth-order valence-electron chi connectivity index (χ4n) is 2.77. The Labute approximate surface area is 124 Å². The number of ether oxygens (including phenoxy) is 1. The maximum Gasteiger partial charge on any atom is 0.0637 e. The molecule has 2 N–H and O–H groups in total. The van der Waals surface area contributed by atoms with E-state index in [1.54, 1.807) is 7.11 Å². The number of anilines is 1. The van der Waals surface area contributed by atoms with Crippen LogP contribution in [0.15, 0.2) is 18.2 Å². The first kappa shape index (κ1) is 17.0. The van der Waals surface area contributed by atoms with Crippen molar-refractivity contribution in [3.63, 3.8) is 0 Å². The fourth-order valence-corrected chi connectivity index (χ4v) is 2.77. The highest BCUT2D eigenvalue weighted by atomic mass is 16.5. The lowest BCUT2D eigenvalue weighted by Gasteiger charge is -2.34. The lowest BCUT2D eigenvalue weighted by Crippen LogP contribution is -2.37. The third-order valence-corrected chi connectivity index (χ3v) is 3.88. The second kappa shape index (κ2) is 8.98. The quantitative estimate of drug-likeness (QED) is 0.754. The monoisotopic (exact) mass is 278 g/mol. The van der Waals surface area contributed by atoms with E-state index in [0.29, 0.717) is 12.6 Å². The molecule has 0 aliphatic carbocycles. The van der Waals surface area contributed by atoms with Crippen LogP contribution in [0.3, 0.4) is 0 Å². The van der Waals surface area contributed by atoms with Gasteiger partial charge in [-0.2, -0.15) is 0 Å². The number of hydrogen-bond acceptors (Lipinski definition) is 3. The Kier molecular flexibility index (Phi) is 7.63. The first-order valence-electron chi connectivity index (χ1n) is 7.73. The molecule has 0 radical (unpaired) electrons. The fraction of sp³-hybridized carbons (Fsp3) is 0.647. The Morgan fingerprint density at radius 1 is 1.25 bits per heavy atom. The van der Waals surface area contributed by atoms with E-state index in [2.05, 4.69) is 43.9 Å². The van der Waals surface area contributed by atoms with E-state index in [1.165, 1.54) is 16.8 Å². The summed E-state index contributed by atoms with van der Waals surface area (Å²) >= 11 is 0. The van der Waals surface area contributed by atoms with Crippen LogP contribution in [0.5, 0.6) is 0 Å². The summed E-state index contributed by atoms with van der Waals surface area (Å²) in [4.78, 5) is 2.49. The number of nitrogens with two attached hydrogens (primary N) is 1. The topological polar surface area (TPSA) is 38.5 Å². The lowest BCUT2D eigenvalue weighted by molar-refractivity contribution is 0.202. The van der Waals surface area contributed by atoms with Gasteiger partial charge in [-0.05, 0) is 44.4 Å². The summed E-state index contributed by atoms with van der Waals surface area (Å²) in [6.07, 6.45) is 3.23. The van der Waals surface area contributed by atoms with Gasteiger partial charge >= 0.3 is 0 Å². The molecule has 1 aromatic rings. The maximum absolute atomic E-state index is 5.78. The zero-order valence-corrected chi connectivity index (χ0v) is 13.5. The Morgan fingerprint density at radius 2 is 1.95 bits per heavy atom. The number of benzene rings is 1. The van der Waals surface area contributed by atoms with Crippen LogP contribution in [0.25, 0.3) is 0 Å². The number of methoxy groups -OCH3 is 1. The molecule has 1 rings (SSSR count). The minimum absolute atomic E-state index is 0.560. The minimum atomic E-state index is 0.560. The smallest absolute Gasteiger partial charge is 0.0637 e. The molecule has 3 nitrogen and oxygen atoms in total. The molecule has 0 atom stereocenters. The molecule has 0 spiro atoms. The first-order chi connectivity index (χ1) is 9.67. The summed E-state index contributed by atoms with van der Waals surface area (Å²) in [6, 6.07) is 7.26. The highest BCUT2D eigenvalue weighted by molar-refractivity contribution is 5.56. The van der Waals surface area contributed by atoms with Crippen LogP contribution in [0.4, 0.5) is 5.69 Å². The average molecular weight is 278 g/mol. The molecule has 3 heteroatoms. The molecule has 0 aliphatic heterocycles. The van der Waals surface area contributed by atoms with Gasteiger partial charge in [0, 0.05) is 25.4 Å². The van der Waals surface area contributed by atoms with E-state index in [0.717, 1.165) is 32.4 Å². The average Bonchev–Trinajstić information content (AvgIpc) is 2.45. The normalized spacial score (nSPS) is 11.1. The summed E-state index contributed by atoms with van der Waals surface area (Å²) in [6.45, 7) is 9.03. The van der Waals surface area contributed by atoms with Gasteiger partial charge in [0.1, 0.15) is 0 Å². The molecule has 20 heavy (non-hydrogen) atoms. The molecule has 0 fully saturated rings. The Balaban J connectivity index is 3.10. The van der Waals surface area contributed by atoms with Crippen LogP contribution in [0, 0.1) is 6.92 Å². The first-order valence-corrected chi connectivity index (χ1v) is 7.73. The van der Waals surface area contributed by atoms with Crippen molar-refractivity contribution in [3.05, 3.63) is 29.3 Å². The lowest BCUT2D eigenvalue weighted by atomic mass is 10.0. The van der Waals surface area contributed by atoms with Crippen LogP contribution in [0.2, 0.25) is 0 Å². The summed E-state index contributed by atoms with van der Waals surface area (Å²) in [7, 11) is 1.76. The van der Waals surface area contributed by atoms with Gasteiger partial charge in [-0.15, -0.1) is 0 Å². The van der Waals surface area contributed by atoms with E-state index in [1.807, 2.05) is 0 Å². The second-order valence-electron chi connectivity index (χ2n) is 5.33. The zero-order valence-electron chi connectivity index (χ0n) is 13.5. The van der Waals surface area contributed by atoms with Crippen LogP contribution < -0.4 is 10.6 Å². The van der Waals surface area contributed by atoms with E-state index in [9.17, 15) is 0 Å². The maximum atomic E-state index is 5.78. The largest absolute Gasteiger partial charge is 0.383 e. The summed E-state index contributed by atoms with van der Waals surface area (Å²) < 4.78 is 5.29. The predicted octanol–water partition coefficient (Wildman–Crippen LogP) is 3.14. The molecule has 0 unspecified atom stereocenters. The van der Waals surface area contributed by atoms with Gasteiger partial charge in [-0.1, -0.05) is 31.5 Å². The molecule has 0 aliphatic rings. The predicted molar refractivity (Wildman–Crippen MR) is 87.5 cm³/mol. The van der Waals surface area contributed by atoms with E-state index >= 15 is 0 Å². The zero-order chi connectivity index (χ0) is 15.0. The Hall–Kier alpha value is -1.06. The highest BCUT2D eigenvalue weighted by Gasteiger charge is 2.18. The third-order valence-electron chi connectivity index (χ3n) is 3.88. The van der Waals surface area contributed by atoms with E-state index in [4.69, 9.17) is 10.5 Å². The van der Waals surface area contributed by atoms with Crippen molar-refractivity contribution < 1.29 is 4.74 Å². The molecule has 0 saturated heterocycles. The van der Waals surface area contributed by atoms with Gasteiger partial charge in [0.05, 0.1) is 6.61 Å². The Bertz CT molecular complexity index is 389. The Morgan fingerprint density at radius 3 is 2.50 bits per heavy atom. The molecule has 0 heterocycles. The second-order valence-corrected chi connectivity index (χ2v) is 5.33. The van der Waals surface area contributed by atoms with Crippen molar-refractivity contribution in [2.75, 3.05) is 31.7 Å². The van der Waals surface area contributed by atoms with Crippen molar-refractivity contribution >= 4 is 5.69 Å². The number of rotatable bonds is 9. The van der Waals surface area contributed by atoms with Crippen molar-refractivity contribution in [2.45, 2.75) is 46.1 Å². The summed E-state index contributed by atoms with van der Waals surface area (Å²) in [5, 5.41) is 0. The van der Waals surface area contributed by atoms with Crippen LogP contribution in [0.1, 0.15) is 37.8 Å². The van der Waals surface area contributed by atoms with Gasteiger partial charge in [0.15, 0.2) is 0 Å². The highest BCUT2D eigenvalue weighted by Crippen LogP contribution is 2.26. The van der Waals surface area contributed by atoms with Crippen LogP contribution in [-0.4, -0.2) is 32.8 Å². The molecule has 114 valence electrons. The van der Waals surface area contributed by atoms with E-state index in [-0.39, 0.29) is 0 Å². The number of nitrogens with zero attached hydrogens (tertiary/aromatic N) is 1. The van der Waals surface area contributed by atoms with Crippen molar-refractivity contribution in [1.29, 1.82) is 0 Å². The van der Waals surface area contributed by atoms with Gasteiger partial charge in [0.25, 0.3) is 0 Å². The molecule has 0 aromatic heterocycles. The van der Waals surface area contributed by atoms with Gasteiger partial charge in [-0.3, -0.25) is 0 Å². The van der Waals surface area contributed by atoms with Crippen LogP contribution >= 0.6 is 0 Å². The van der Waals surface area contributed by atoms with Gasteiger partial charge in [0.2, 0.25) is 0 Å². The van der Waals surface area contributed by atoms with Crippen molar-refractivity contribution in [2.24, 2.45) is 5.73 Å². The molecular weight excluding hydrogens is 248 g/mol. The van der Waals surface area contributed by atoms with Crippen molar-refractivity contribution in [3.8, 4) is 0 Å². The van der Waals surface area contributed by atoms with Crippen LogP contribution in [-0.2, 0) is 11.2 Å². The molecule has 0 amide bonds. The third kappa shape index (κ3) is 4.50. The number of hydrogen-bond donors (Lipinski definition) is 1. The summed E-state index contributed by atoms with van der Waals surface area (Å²) in [5.74, 6) is 0. The van der Waals surface area contributed by atoms with Gasteiger partial charge in [-0.25, -0.2) is 0 Å². The van der Waals surface area contributed by atoms with Crippen molar-refractivity contribution in [1.82, 2.24) is 0 Å². The van der Waals surface area contributed by atoms with E-state index < -0.39 is 0 Å². The molecular formula is C17H30N2O. The molecule has 0 saturated carbocycles. The SMILES string of the molecule is CCC(CC)N(CCOC)c1ccc(C)cc1CCN. The standard InChI is InChI=1S/C17H30N2O/c1-5-16(6-2)19(11-12-20-4)17-8-7-14(3)13-15(17)9-10-18/h7-8,13,16H,5-6,9-12,18H2,1-4H3. The minimum Gasteiger partial charge on any atom is -0.383 e. The molecule has 0 bridgehead atoms.